The monoisotopic (exact) mass is 329 g/mol. The lowest BCUT2D eigenvalue weighted by Crippen LogP contribution is -2.38. The number of ether oxygens (including phenoxy) is 1. The van der Waals surface area contributed by atoms with Gasteiger partial charge < -0.3 is 4.74 Å². The van der Waals surface area contributed by atoms with Crippen molar-refractivity contribution in [2.45, 2.75) is 46.6 Å². The molecule has 0 aliphatic carbocycles. The first kappa shape index (κ1) is 19.7. The van der Waals surface area contributed by atoms with E-state index < -0.39 is 6.04 Å². The number of fused-ring (bicyclic) bond motifs is 1. The summed E-state index contributed by atoms with van der Waals surface area (Å²) in [6.07, 6.45) is 0. The second kappa shape index (κ2) is 9.71. The van der Waals surface area contributed by atoms with E-state index in [1.54, 1.807) is 0 Å². The average Bonchev–Trinajstić information content (AvgIpc) is 2.64. The van der Waals surface area contributed by atoms with Gasteiger partial charge in [-0.05, 0) is 24.1 Å². The van der Waals surface area contributed by atoms with Crippen LogP contribution in [0.25, 0.3) is 0 Å². The molecular formula is C20H27NO3. The van der Waals surface area contributed by atoms with Gasteiger partial charge in [-0.3, -0.25) is 10.1 Å². The standard InChI is InChI=1S/C16H15NO3.2C2H6/c1-11-6-2-3-7-12(11)16-13-8-4-5-9-15(13)20-10-14(16)17(18)19;2*1-2/h2-9,14,16H,10H2,1H3;2*1-2H3/t14-,16+;;/m1../s1. The Balaban J connectivity index is 0.000000671. The third-order valence-corrected chi connectivity index (χ3v) is 3.84. The molecule has 2 aromatic carbocycles. The number of nitrogens with zero attached hydrogens (tertiary/aromatic N) is 1. The van der Waals surface area contributed by atoms with Gasteiger partial charge in [0.15, 0.2) is 6.61 Å². The lowest BCUT2D eigenvalue weighted by atomic mass is 9.81. The zero-order valence-electron chi connectivity index (χ0n) is 15.2. The number of hydrogen-bond acceptors (Lipinski definition) is 3. The zero-order valence-corrected chi connectivity index (χ0v) is 15.2. The lowest BCUT2D eigenvalue weighted by Gasteiger charge is -2.29. The number of para-hydroxylation sites is 1. The summed E-state index contributed by atoms with van der Waals surface area (Å²) < 4.78 is 5.55. The molecule has 0 radical (unpaired) electrons. The molecular weight excluding hydrogens is 302 g/mol. The molecule has 2 aromatic rings. The van der Waals surface area contributed by atoms with Gasteiger partial charge in [-0.2, -0.15) is 0 Å². The molecule has 0 aromatic heterocycles. The van der Waals surface area contributed by atoms with Gasteiger partial charge in [-0.15, -0.1) is 0 Å². The quantitative estimate of drug-likeness (QED) is 0.561. The van der Waals surface area contributed by atoms with Crippen LogP contribution >= 0.6 is 0 Å². The third-order valence-electron chi connectivity index (χ3n) is 3.84. The molecule has 0 N–H and O–H groups in total. The first-order chi connectivity index (χ1) is 11.7. The van der Waals surface area contributed by atoms with Crippen molar-refractivity contribution < 1.29 is 9.66 Å². The van der Waals surface area contributed by atoms with Crippen LogP contribution in [0, 0.1) is 17.0 Å². The molecule has 0 amide bonds. The largest absolute Gasteiger partial charge is 0.486 e. The number of nitro groups is 1. The van der Waals surface area contributed by atoms with Crippen LogP contribution in [-0.4, -0.2) is 17.6 Å². The lowest BCUT2D eigenvalue weighted by molar-refractivity contribution is -0.528. The number of aryl methyl sites for hydroxylation is 1. The Labute approximate surface area is 144 Å². The van der Waals surface area contributed by atoms with E-state index in [-0.39, 0.29) is 17.4 Å². The number of rotatable bonds is 2. The van der Waals surface area contributed by atoms with Crippen molar-refractivity contribution in [2.24, 2.45) is 0 Å². The molecule has 0 saturated carbocycles. The van der Waals surface area contributed by atoms with Crippen LogP contribution in [0.15, 0.2) is 48.5 Å². The molecule has 4 heteroatoms. The van der Waals surface area contributed by atoms with Gasteiger partial charge in [0.05, 0.1) is 5.92 Å². The van der Waals surface area contributed by atoms with Gasteiger partial charge in [0.25, 0.3) is 6.04 Å². The van der Waals surface area contributed by atoms with Gasteiger partial charge in [-0.1, -0.05) is 70.2 Å². The van der Waals surface area contributed by atoms with Gasteiger partial charge in [0, 0.05) is 10.5 Å². The van der Waals surface area contributed by atoms with Crippen molar-refractivity contribution in [3.05, 3.63) is 75.3 Å². The van der Waals surface area contributed by atoms with Gasteiger partial charge in [0.2, 0.25) is 0 Å². The topological polar surface area (TPSA) is 52.4 Å². The summed E-state index contributed by atoms with van der Waals surface area (Å²) >= 11 is 0. The summed E-state index contributed by atoms with van der Waals surface area (Å²) in [7, 11) is 0. The average molecular weight is 329 g/mol. The maximum absolute atomic E-state index is 11.4. The van der Waals surface area contributed by atoms with Crippen molar-refractivity contribution >= 4 is 0 Å². The fourth-order valence-corrected chi connectivity index (χ4v) is 2.84. The fourth-order valence-electron chi connectivity index (χ4n) is 2.84. The van der Waals surface area contributed by atoms with Crippen LogP contribution in [0.4, 0.5) is 0 Å². The molecule has 0 unspecified atom stereocenters. The predicted octanol–water partition coefficient (Wildman–Crippen LogP) is 5.22. The summed E-state index contributed by atoms with van der Waals surface area (Å²) in [6, 6.07) is 14.7. The Kier molecular flexibility index (Phi) is 7.96. The van der Waals surface area contributed by atoms with E-state index in [2.05, 4.69) is 0 Å². The Morgan fingerprint density at radius 3 is 2.08 bits per heavy atom. The van der Waals surface area contributed by atoms with Gasteiger partial charge in [-0.25, -0.2) is 0 Å². The SMILES string of the molecule is CC.CC.Cc1ccccc1[C@H]1c2ccccc2OC[C@H]1[N+](=O)[O-]. The van der Waals surface area contributed by atoms with E-state index in [0.717, 1.165) is 22.4 Å². The molecule has 24 heavy (non-hydrogen) atoms. The molecule has 130 valence electrons. The summed E-state index contributed by atoms with van der Waals surface area (Å²) in [5.41, 5.74) is 2.97. The summed E-state index contributed by atoms with van der Waals surface area (Å²) in [5.74, 6) is 0.495. The van der Waals surface area contributed by atoms with E-state index in [0.29, 0.717) is 0 Å². The summed E-state index contributed by atoms with van der Waals surface area (Å²) in [6.45, 7) is 10.1. The maximum Gasteiger partial charge on any atom is 0.257 e. The second-order valence-corrected chi connectivity index (χ2v) is 5.04. The normalized spacial score (nSPS) is 17.9. The molecule has 0 fully saturated rings. The van der Waals surface area contributed by atoms with Crippen molar-refractivity contribution in [3.63, 3.8) is 0 Å². The van der Waals surface area contributed by atoms with Gasteiger partial charge in [0.1, 0.15) is 5.75 Å². The number of benzene rings is 2. The van der Waals surface area contributed by atoms with E-state index in [4.69, 9.17) is 4.74 Å². The Morgan fingerprint density at radius 1 is 0.958 bits per heavy atom. The molecule has 0 saturated heterocycles. The molecule has 1 heterocycles. The van der Waals surface area contributed by atoms with Crippen LogP contribution in [0.5, 0.6) is 5.75 Å². The van der Waals surface area contributed by atoms with Crippen LogP contribution in [0.2, 0.25) is 0 Å². The van der Waals surface area contributed by atoms with Crippen LogP contribution in [-0.2, 0) is 0 Å². The molecule has 1 aliphatic rings. The van der Waals surface area contributed by atoms with E-state index in [1.807, 2.05) is 83.1 Å². The summed E-state index contributed by atoms with van der Waals surface area (Å²) in [4.78, 5) is 11.2. The van der Waals surface area contributed by atoms with Crippen molar-refractivity contribution in [2.75, 3.05) is 6.61 Å². The Bertz CT molecular complexity index is 655. The highest BCUT2D eigenvalue weighted by atomic mass is 16.6. The fraction of sp³-hybridized carbons (Fsp3) is 0.400. The third kappa shape index (κ3) is 4.13. The number of hydrogen-bond donors (Lipinski definition) is 0. The minimum atomic E-state index is -0.744. The van der Waals surface area contributed by atoms with Crippen LogP contribution in [0.1, 0.15) is 50.3 Å². The minimum Gasteiger partial charge on any atom is -0.486 e. The Hall–Kier alpha value is -2.36. The highest BCUT2D eigenvalue weighted by molar-refractivity contribution is 5.46. The molecule has 3 rings (SSSR count). The highest BCUT2D eigenvalue weighted by Crippen LogP contribution is 2.40. The molecule has 0 bridgehead atoms. The van der Waals surface area contributed by atoms with Crippen molar-refractivity contribution in [1.82, 2.24) is 0 Å². The maximum atomic E-state index is 11.4. The highest BCUT2D eigenvalue weighted by Gasteiger charge is 2.40. The minimum absolute atomic E-state index is 0.114. The second-order valence-electron chi connectivity index (χ2n) is 5.04. The van der Waals surface area contributed by atoms with Crippen molar-refractivity contribution in [1.29, 1.82) is 0 Å². The zero-order chi connectivity index (χ0) is 18.1. The van der Waals surface area contributed by atoms with Gasteiger partial charge >= 0.3 is 0 Å². The van der Waals surface area contributed by atoms with Crippen LogP contribution < -0.4 is 4.74 Å². The smallest absolute Gasteiger partial charge is 0.257 e. The molecule has 4 nitrogen and oxygen atoms in total. The summed E-state index contributed by atoms with van der Waals surface area (Å²) in [5, 5.41) is 11.4. The van der Waals surface area contributed by atoms with E-state index in [9.17, 15) is 10.1 Å². The Morgan fingerprint density at radius 2 is 1.50 bits per heavy atom. The molecule has 0 spiro atoms. The first-order valence-corrected chi connectivity index (χ1v) is 8.59. The predicted molar refractivity (Wildman–Crippen MR) is 98.4 cm³/mol. The van der Waals surface area contributed by atoms with Crippen molar-refractivity contribution in [3.8, 4) is 5.75 Å². The van der Waals surface area contributed by atoms with Crippen LogP contribution in [0.3, 0.4) is 0 Å². The van der Waals surface area contributed by atoms with E-state index >= 15 is 0 Å². The molecule has 2 atom stereocenters. The molecule has 1 aliphatic heterocycles. The van der Waals surface area contributed by atoms with E-state index in [1.165, 1.54) is 0 Å². The first-order valence-electron chi connectivity index (χ1n) is 8.59.